The van der Waals surface area contributed by atoms with Crippen molar-refractivity contribution in [3.05, 3.63) is 34.4 Å². The van der Waals surface area contributed by atoms with Crippen molar-refractivity contribution in [3.63, 3.8) is 0 Å². The van der Waals surface area contributed by atoms with Crippen LogP contribution >= 0.6 is 0 Å². The largest absolute Gasteiger partial charge is 0.480 e. The lowest BCUT2D eigenvalue weighted by Crippen LogP contribution is -2.41. The minimum atomic E-state index is -4.05. The van der Waals surface area contributed by atoms with Gasteiger partial charge in [0.2, 0.25) is 10.0 Å². The summed E-state index contributed by atoms with van der Waals surface area (Å²) in [5, 5.41) is 19.5. The quantitative estimate of drug-likeness (QED) is 0.578. The molecule has 1 aromatic carbocycles. The number of non-ortho nitro benzene ring substituents is 1. The third kappa shape index (κ3) is 4.80. The van der Waals surface area contributed by atoms with Gasteiger partial charge in [0.05, 0.1) is 9.82 Å². The van der Waals surface area contributed by atoms with E-state index in [2.05, 4.69) is 4.72 Å². The maximum absolute atomic E-state index is 12.1. The third-order valence-corrected chi connectivity index (χ3v) is 4.15. The van der Waals surface area contributed by atoms with Crippen LogP contribution in [-0.2, 0) is 14.8 Å². The van der Waals surface area contributed by atoms with Gasteiger partial charge in [-0.25, -0.2) is 8.42 Å². The van der Waals surface area contributed by atoms with Crippen LogP contribution in [0.25, 0.3) is 0 Å². The Morgan fingerprint density at radius 2 is 1.86 bits per heavy atom. The Labute approximate surface area is 122 Å². The van der Waals surface area contributed by atoms with Gasteiger partial charge in [-0.1, -0.05) is 13.8 Å². The molecule has 21 heavy (non-hydrogen) atoms. The van der Waals surface area contributed by atoms with Gasteiger partial charge in [0.15, 0.2) is 0 Å². The maximum Gasteiger partial charge on any atom is 0.321 e. The Hall–Kier alpha value is -2.00. The second-order valence-electron chi connectivity index (χ2n) is 4.89. The Morgan fingerprint density at radius 3 is 2.24 bits per heavy atom. The molecule has 0 aliphatic rings. The molecule has 0 aliphatic heterocycles. The Morgan fingerprint density at radius 1 is 1.33 bits per heavy atom. The summed E-state index contributed by atoms with van der Waals surface area (Å²) in [5.41, 5.74) is -0.245. The smallest absolute Gasteiger partial charge is 0.321 e. The lowest BCUT2D eigenvalue weighted by molar-refractivity contribution is -0.384. The van der Waals surface area contributed by atoms with E-state index >= 15 is 0 Å². The van der Waals surface area contributed by atoms with E-state index < -0.39 is 27.0 Å². The fourth-order valence-corrected chi connectivity index (χ4v) is 2.88. The molecule has 0 bridgehead atoms. The zero-order valence-corrected chi connectivity index (χ0v) is 12.3. The predicted molar refractivity (Wildman–Crippen MR) is 74.3 cm³/mol. The molecule has 0 aliphatic carbocycles. The van der Waals surface area contributed by atoms with Gasteiger partial charge in [-0.15, -0.1) is 0 Å². The molecular formula is C12H16N2O6S. The molecule has 8 nitrogen and oxygen atoms in total. The summed E-state index contributed by atoms with van der Waals surface area (Å²) in [5.74, 6) is -1.28. The van der Waals surface area contributed by atoms with Crippen molar-refractivity contribution in [2.24, 2.45) is 5.92 Å². The van der Waals surface area contributed by atoms with Crippen molar-refractivity contribution < 1.29 is 23.2 Å². The number of benzene rings is 1. The van der Waals surface area contributed by atoms with E-state index in [9.17, 15) is 23.3 Å². The highest BCUT2D eigenvalue weighted by molar-refractivity contribution is 7.89. The topological polar surface area (TPSA) is 127 Å². The van der Waals surface area contributed by atoms with E-state index in [4.69, 9.17) is 5.11 Å². The summed E-state index contributed by atoms with van der Waals surface area (Å²) in [6.07, 6.45) is 0.140. The fraction of sp³-hybridized carbons (Fsp3) is 0.417. The molecule has 0 saturated carbocycles. The molecule has 116 valence electrons. The van der Waals surface area contributed by atoms with Crippen LogP contribution in [0.2, 0.25) is 0 Å². The maximum atomic E-state index is 12.1. The van der Waals surface area contributed by atoms with Crippen LogP contribution in [0.3, 0.4) is 0 Å². The summed E-state index contributed by atoms with van der Waals surface area (Å²) in [7, 11) is -4.05. The normalized spacial score (nSPS) is 13.1. The lowest BCUT2D eigenvalue weighted by atomic mass is 10.1. The first kappa shape index (κ1) is 17.1. The highest BCUT2D eigenvalue weighted by Crippen LogP contribution is 2.17. The third-order valence-electron chi connectivity index (χ3n) is 2.66. The second kappa shape index (κ2) is 6.64. The SMILES string of the molecule is CC(C)CC(NS(=O)(=O)c1ccc([N+](=O)[O-])cc1)C(=O)O. The Kier molecular flexibility index (Phi) is 5.39. The Balaban J connectivity index is 2.98. The average Bonchev–Trinajstić information content (AvgIpc) is 2.37. The number of nitrogens with zero attached hydrogens (tertiary/aromatic N) is 1. The van der Waals surface area contributed by atoms with Crippen molar-refractivity contribution in [1.29, 1.82) is 0 Å². The zero-order valence-electron chi connectivity index (χ0n) is 11.5. The number of nitrogens with one attached hydrogen (secondary N) is 1. The number of rotatable bonds is 7. The van der Waals surface area contributed by atoms with Gasteiger partial charge in [-0.2, -0.15) is 4.72 Å². The van der Waals surface area contributed by atoms with Gasteiger partial charge in [-0.05, 0) is 24.5 Å². The summed E-state index contributed by atoms with van der Waals surface area (Å²) in [4.78, 5) is 20.7. The molecule has 0 spiro atoms. The second-order valence-corrected chi connectivity index (χ2v) is 6.61. The molecule has 1 aromatic rings. The van der Waals surface area contributed by atoms with E-state index in [1.807, 2.05) is 0 Å². The van der Waals surface area contributed by atoms with Crippen molar-refractivity contribution in [3.8, 4) is 0 Å². The van der Waals surface area contributed by atoms with E-state index in [1.165, 1.54) is 0 Å². The highest BCUT2D eigenvalue weighted by Gasteiger charge is 2.26. The minimum absolute atomic E-state index is 0.00865. The van der Waals surface area contributed by atoms with Crippen LogP contribution < -0.4 is 4.72 Å². The van der Waals surface area contributed by atoms with E-state index in [1.54, 1.807) is 13.8 Å². The predicted octanol–water partition coefficient (Wildman–Crippen LogP) is 1.37. The van der Waals surface area contributed by atoms with Crippen molar-refractivity contribution in [2.75, 3.05) is 0 Å². The van der Waals surface area contributed by atoms with Crippen LogP contribution in [0.15, 0.2) is 29.2 Å². The fourth-order valence-electron chi connectivity index (χ4n) is 1.67. The first-order valence-electron chi connectivity index (χ1n) is 6.13. The molecule has 0 amide bonds. The van der Waals surface area contributed by atoms with Crippen LogP contribution in [0, 0.1) is 16.0 Å². The van der Waals surface area contributed by atoms with E-state index in [0.717, 1.165) is 24.3 Å². The van der Waals surface area contributed by atoms with E-state index in [0.29, 0.717) is 0 Å². The number of carboxylic acid groups (broad SMARTS) is 1. The summed E-state index contributed by atoms with van der Waals surface area (Å²) in [6.45, 7) is 3.55. The van der Waals surface area contributed by atoms with Crippen LogP contribution in [-0.4, -0.2) is 30.5 Å². The number of nitro groups is 1. The van der Waals surface area contributed by atoms with Gasteiger partial charge in [0.1, 0.15) is 6.04 Å². The lowest BCUT2D eigenvalue weighted by Gasteiger charge is -2.16. The van der Waals surface area contributed by atoms with Gasteiger partial charge < -0.3 is 5.11 Å². The molecule has 0 aromatic heterocycles. The van der Waals surface area contributed by atoms with Gasteiger partial charge >= 0.3 is 5.97 Å². The number of hydrogen-bond donors (Lipinski definition) is 2. The summed E-state index contributed by atoms with van der Waals surface area (Å²) >= 11 is 0. The van der Waals surface area contributed by atoms with Crippen LogP contribution in [0.1, 0.15) is 20.3 Å². The number of hydrogen-bond acceptors (Lipinski definition) is 5. The zero-order chi connectivity index (χ0) is 16.2. The number of nitro benzene ring substituents is 1. The number of carbonyl (C=O) groups is 1. The molecular weight excluding hydrogens is 300 g/mol. The van der Waals surface area contributed by atoms with Gasteiger partial charge in [0, 0.05) is 12.1 Å². The molecule has 1 rings (SSSR count). The first-order valence-corrected chi connectivity index (χ1v) is 7.61. The van der Waals surface area contributed by atoms with Crippen LogP contribution in [0.4, 0.5) is 5.69 Å². The van der Waals surface area contributed by atoms with Gasteiger partial charge in [-0.3, -0.25) is 14.9 Å². The molecule has 0 saturated heterocycles. The molecule has 0 fully saturated rings. The molecule has 9 heteroatoms. The molecule has 1 unspecified atom stereocenters. The van der Waals surface area contributed by atoms with Crippen molar-refractivity contribution >= 4 is 21.7 Å². The highest BCUT2D eigenvalue weighted by atomic mass is 32.2. The van der Waals surface area contributed by atoms with Crippen molar-refractivity contribution in [1.82, 2.24) is 4.72 Å². The molecule has 0 heterocycles. The summed E-state index contributed by atoms with van der Waals surface area (Å²) < 4.78 is 26.2. The summed E-state index contributed by atoms with van der Waals surface area (Å²) in [6, 6.07) is 2.98. The monoisotopic (exact) mass is 316 g/mol. The van der Waals surface area contributed by atoms with Gasteiger partial charge in [0.25, 0.3) is 5.69 Å². The van der Waals surface area contributed by atoms with E-state index in [-0.39, 0.29) is 22.9 Å². The molecule has 0 radical (unpaired) electrons. The average molecular weight is 316 g/mol. The number of carboxylic acids is 1. The molecule has 1 atom stereocenters. The number of aliphatic carboxylic acids is 1. The minimum Gasteiger partial charge on any atom is -0.480 e. The van der Waals surface area contributed by atoms with Crippen LogP contribution in [0.5, 0.6) is 0 Å². The molecule has 2 N–H and O–H groups in total. The Bertz CT molecular complexity index is 624. The standard InChI is InChI=1S/C12H16N2O6S/c1-8(2)7-11(12(15)16)13-21(19,20)10-5-3-9(4-6-10)14(17)18/h3-6,8,11,13H,7H2,1-2H3,(H,15,16). The number of sulfonamides is 1. The van der Waals surface area contributed by atoms with Crippen molar-refractivity contribution in [2.45, 2.75) is 31.2 Å². The first-order chi connectivity index (χ1) is 9.63.